The third kappa shape index (κ3) is 2.83. The first-order chi connectivity index (χ1) is 8.08. The average Bonchev–Trinajstić information content (AvgIpc) is 2.79. The molecular weight excluding hydrogens is 244 g/mol. The second-order valence-electron chi connectivity index (χ2n) is 3.30. The van der Waals surface area contributed by atoms with E-state index in [0.717, 1.165) is 0 Å². The summed E-state index contributed by atoms with van der Waals surface area (Å²) in [5, 5.41) is 12.7. The molecule has 2 aromatic rings. The number of hydrogen-bond acceptors (Lipinski definition) is 5. The Balaban J connectivity index is 2.14. The van der Waals surface area contributed by atoms with Crippen molar-refractivity contribution < 1.29 is 18.0 Å². The van der Waals surface area contributed by atoms with Crippen LogP contribution < -0.4 is 4.72 Å². The third-order valence-corrected chi connectivity index (χ3v) is 3.45. The number of benzene rings is 1. The molecule has 0 amide bonds. The molecule has 0 bridgehead atoms. The molecule has 1 heterocycles. The zero-order valence-electron chi connectivity index (χ0n) is 8.70. The molecule has 0 saturated heterocycles. The maximum Gasteiger partial charge on any atom is 0.241 e. The maximum atomic E-state index is 11.8. The Labute approximate surface area is 97.9 Å². The summed E-state index contributed by atoms with van der Waals surface area (Å²) in [6, 6.07) is 6.98. The summed E-state index contributed by atoms with van der Waals surface area (Å²) < 4.78 is 30.7. The Kier molecular flexibility index (Phi) is 3.12. The van der Waals surface area contributed by atoms with E-state index in [1.54, 1.807) is 6.07 Å². The third-order valence-electron chi connectivity index (χ3n) is 2.06. The molecular formula is C10H10N2O4S. The first kappa shape index (κ1) is 11.6. The number of aromatic hydroxyl groups is 1. The van der Waals surface area contributed by atoms with E-state index in [9.17, 15) is 13.5 Å². The highest BCUT2D eigenvalue weighted by atomic mass is 32.2. The quantitative estimate of drug-likeness (QED) is 0.844. The second-order valence-corrected chi connectivity index (χ2v) is 5.07. The number of phenolic OH excluding ortho intramolecular Hbond substituents is 1. The standard InChI is InChI=1S/C10H10N2O4S/c13-8-2-1-3-10(6-8)17(14,15)12-7-9-4-5-11-16-9/h1-6,12-13H,7H2. The molecule has 0 saturated carbocycles. The van der Waals surface area contributed by atoms with Crippen LogP contribution in [0.1, 0.15) is 5.76 Å². The number of sulfonamides is 1. The summed E-state index contributed by atoms with van der Waals surface area (Å²) in [7, 11) is -3.66. The van der Waals surface area contributed by atoms with Crippen molar-refractivity contribution in [3.63, 3.8) is 0 Å². The molecule has 0 unspecified atom stereocenters. The Morgan fingerprint density at radius 2 is 2.18 bits per heavy atom. The molecule has 6 nitrogen and oxygen atoms in total. The highest BCUT2D eigenvalue weighted by molar-refractivity contribution is 7.89. The van der Waals surface area contributed by atoms with Gasteiger partial charge < -0.3 is 9.63 Å². The topological polar surface area (TPSA) is 92.4 Å². The van der Waals surface area contributed by atoms with Gasteiger partial charge in [-0.1, -0.05) is 11.2 Å². The summed E-state index contributed by atoms with van der Waals surface area (Å²) >= 11 is 0. The SMILES string of the molecule is O=S(=O)(NCc1ccno1)c1cccc(O)c1. The minimum absolute atomic E-state index is 0.00276. The number of hydrogen-bond donors (Lipinski definition) is 2. The van der Waals surface area contributed by atoms with Gasteiger partial charge in [0.2, 0.25) is 10.0 Å². The highest BCUT2D eigenvalue weighted by Gasteiger charge is 2.14. The smallest absolute Gasteiger partial charge is 0.241 e. The van der Waals surface area contributed by atoms with Crippen molar-refractivity contribution in [2.75, 3.05) is 0 Å². The van der Waals surface area contributed by atoms with E-state index in [2.05, 4.69) is 9.88 Å². The van der Waals surface area contributed by atoms with Crippen LogP contribution in [-0.4, -0.2) is 18.7 Å². The van der Waals surface area contributed by atoms with Crippen LogP contribution in [0.4, 0.5) is 0 Å². The van der Waals surface area contributed by atoms with Gasteiger partial charge in [-0.15, -0.1) is 0 Å². The molecule has 0 aliphatic carbocycles. The lowest BCUT2D eigenvalue weighted by atomic mass is 10.3. The summed E-state index contributed by atoms with van der Waals surface area (Å²) in [5.41, 5.74) is 0. The van der Waals surface area contributed by atoms with E-state index in [0.29, 0.717) is 5.76 Å². The van der Waals surface area contributed by atoms with Crippen molar-refractivity contribution in [2.24, 2.45) is 0 Å². The second kappa shape index (κ2) is 4.56. The summed E-state index contributed by atoms with van der Waals surface area (Å²) in [5.74, 6) is 0.307. The van der Waals surface area contributed by atoms with E-state index in [1.807, 2.05) is 0 Å². The maximum absolute atomic E-state index is 11.8. The Bertz CT molecular complexity index is 593. The van der Waals surface area contributed by atoms with Crippen molar-refractivity contribution in [3.05, 3.63) is 42.3 Å². The van der Waals surface area contributed by atoms with Crippen LogP contribution in [0.15, 0.2) is 45.9 Å². The fraction of sp³-hybridized carbons (Fsp3) is 0.100. The van der Waals surface area contributed by atoms with Crippen molar-refractivity contribution in [1.82, 2.24) is 9.88 Å². The molecule has 7 heteroatoms. The number of aromatic nitrogens is 1. The van der Waals surface area contributed by atoms with Crippen LogP contribution in [0.3, 0.4) is 0 Å². The molecule has 1 aromatic carbocycles. The van der Waals surface area contributed by atoms with Gasteiger partial charge in [0, 0.05) is 6.07 Å². The molecule has 2 rings (SSSR count). The van der Waals surface area contributed by atoms with Crippen LogP contribution in [-0.2, 0) is 16.6 Å². The van der Waals surface area contributed by atoms with Crippen molar-refractivity contribution in [1.29, 1.82) is 0 Å². The Morgan fingerprint density at radius 3 is 2.82 bits per heavy atom. The molecule has 0 atom stereocenters. The molecule has 0 spiro atoms. The highest BCUT2D eigenvalue weighted by Crippen LogP contribution is 2.15. The number of phenols is 1. The van der Waals surface area contributed by atoms with E-state index in [4.69, 9.17) is 4.52 Å². The molecule has 1 aromatic heterocycles. The molecule has 17 heavy (non-hydrogen) atoms. The predicted octanol–water partition coefficient (Wildman–Crippen LogP) is 0.859. The van der Waals surface area contributed by atoms with Gasteiger partial charge in [-0.05, 0) is 18.2 Å². The van der Waals surface area contributed by atoms with Crippen LogP contribution in [0.25, 0.3) is 0 Å². The summed E-state index contributed by atoms with van der Waals surface area (Å²) in [6.07, 6.45) is 1.43. The minimum Gasteiger partial charge on any atom is -0.508 e. The largest absolute Gasteiger partial charge is 0.508 e. The van der Waals surface area contributed by atoms with Crippen molar-refractivity contribution >= 4 is 10.0 Å². The van der Waals surface area contributed by atoms with E-state index in [1.165, 1.54) is 30.5 Å². The van der Waals surface area contributed by atoms with Crippen LogP contribution in [0.5, 0.6) is 5.75 Å². The van der Waals surface area contributed by atoms with Crippen LogP contribution in [0, 0.1) is 0 Å². The number of nitrogens with one attached hydrogen (secondary N) is 1. The normalized spacial score (nSPS) is 11.5. The van der Waals surface area contributed by atoms with Gasteiger partial charge in [-0.25, -0.2) is 13.1 Å². The van der Waals surface area contributed by atoms with E-state index in [-0.39, 0.29) is 17.2 Å². The number of rotatable bonds is 4. The fourth-order valence-corrected chi connectivity index (χ4v) is 2.27. The number of nitrogens with zero attached hydrogens (tertiary/aromatic N) is 1. The van der Waals surface area contributed by atoms with Gasteiger partial charge in [0.15, 0.2) is 5.76 Å². The molecule has 90 valence electrons. The Hall–Kier alpha value is -1.86. The monoisotopic (exact) mass is 254 g/mol. The van der Waals surface area contributed by atoms with Gasteiger partial charge in [-0.3, -0.25) is 0 Å². The van der Waals surface area contributed by atoms with Crippen LogP contribution in [0.2, 0.25) is 0 Å². The summed E-state index contributed by atoms with van der Waals surface area (Å²) in [6.45, 7) is 0.0119. The van der Waals surface area contributed by atoms with Gasteiger partial charge in [0.25, 0.3) is 0 Å². The average molecular weight is 254 g/mol. The molecule has 0 aliphatic rings. The zero-order valence-corrected chi connectivity index (χ0v) is 9.52. The van der Waals surface area contributed by atoms with Crippen molar-refractivity contribution in [3.8, 4) is 5.75 Å². The predicted molar refractivity (Wildman–Crippen MR) is 58.6 cm³/mol. The fourth-order valence-electron chi connectivity index (χ4n) is 1.23. The molecule has 0 fully saturated rings. The van der Waals surface area contributed by atoms with Gasteiger partial charge in [0.1, 0.15) is 5.75 Å². The van der Waals surface area contributed by atoms with Gasteiger partial charge in [0.05, 0.1) is 17.6 Å². The van der Waals surface area contributed by atoms with Gasteiger partial charge in [-0.2, -0.15) is 0 Å². The summed E-state index contributed by atoms with van der Waals surface area (Å²) in [4.78, 5) is -0.00276. The lowest BCUT2D eigenvalue weighted by Crippen LogP contribution is -2.22. The van der Waals surface area contributed by atoms with Crippen LogP contribution >= 0.6 is 0 Å². The van der Waals surface area contributed by atoms with E-state index < -0.39 is 10.0 Å². The lowest BCUT2D eigenvalue weighted by Gasteiger charge is -2.04. The van der Waals surface area contributed by atoms with Gasteiger partial charge >= 0.3 is 0 Å². The minimum atomic E-state index is -3.66. The lowest BCUT2D eigenvalue weighted by molar-refractivity contribution is 0.380. The van der Waals surface area contributed by atoms with E-state index >= 15 is 0 Å². The molecule has 0 radical (unpaired) electrons. The zero-order chi connectivity index (χ0) is 12.3. The molecule has 0 aliphatic heterocycles. The van der Waals surface area contributed by atoms with Crippen molar-refractivity contribution in [2.45, 2.75) is 11.4 Å². The first-order valence-corrected chi connectivity index (χ1v) is 6.24. The molecule has 2 N–H and O–H groups in total. The Morgan fingerprint density at radius 1 is 1.35 bits per heavy atom. The first-order valence-electron chi connectivity index (χ1n) is 4.76.